The lowest BCUT2D eigenvalue weighted by atomic mass is 10.1. The second-order valence-electron chi connectivity index (χ2n) is 4.25. The molecule has 1 rings (SSSR count). The van der Waals surface area contributed by atoms with Crippen molar-refractivity contribution in [2.24, 2.45) is 0 Å². The molecule has 0 aliphatic carbocycles. The molecule has 1 aliphatic heterocycles. The van der Waals surface area contributed by atoms with Gasteiger partial charge < -0.3 is 4.84 Å². The van der Waals surface area contributed by atoms with Gasteiger partial charge in [-0.2, -0.15) is 0 Å². The molecule has 1 fully saturated rings. The van der Waals surface area contributed by atoms with Crippen LogP contribution < -0.4 is 0 Å². The van der Waals surface area contributed by atoms with E-state index in [-0.39, 0.29) is 19.3 Å². The zero-order chi connectivity index (χ0) is 13.4. The van der Waals surface area contributed by atoms with Crippen molar-refractivity contribution in [1.82, 2.24) is 5.06 Å². The third-order valence-electron chi connectivity index (χ3n) is 2.71. The number of hydroxylamine groups is 2. The van der Waals surface area contributed by atoms with Gasteiger partial charge in [0.2, 0.25) is 0 Å². The summed E-state index contributed by atoms with van der Waals surface area (Å²) in [4.78, 5) is 38.5. The fraction of sp³-hybridized carbons (Fsp3) is 0.750. The lowest BCUT2D eigenvalue weighted by Gasteiger charge is -2.12. The summed E-state index contributed by atoms with van der Waals surface area (Å²) in [7, 11) is 0. The standard InChI is InChI=1S/C12H18BrNO4/c13-9-5-3-1-2-4-6-12(17)18-14-10(15)7-8-11(14)16/h1-9H2. The van der Waals surface area contributed by atoms with Crippen LogP contribution in [0.4, 0.5) is 0 Å². The Hall–Kier alpha value is -0.910. The highest BCUT2D eigenvalue weighted by atomic mass is 79.9. The third-order valence-corrected chi connectivity index (χ3v) is 3.27. The quantitative estimate of drug-likeness (QED) is 0.391. The van der Waals surface area contributed by atoms with Crippen molar-refractivity contribution in [3.8, 4) is 0 Å². The minimum atomic E-state index is -0.501. The van der Waals surface area contributed by atoms with Crippen molar-refractivity contribution in [3.63, 3.8) is 0 Å². The van der Waals surface area contributed by atoms with Crippen molar-refractivity contribution < 1.29 is 19.2 Å². The summed E-state index contributed by atoms with van der Waals surface area (Å²) < 4.78 is 0. The van der Waals surface area contributed by atoms with E-state index < -0.39 is 17.8 Å². The minimum Gasteiger partial charge on any atom is -0.330 e. The van der Waals surface area contributed by atoms with Crippen molar-refractivity contribution in [2.75, 3.05) is 5.33 Å². The highest BCUT2D eigenvalue weighted by molar-refractivity contribution is 9.09. The largest absolute Gasteiger partial charge is 0.333 e. The van der Waals surface area contributed by atoms with Crippen LogP contribution in [-0.4, -0.2) is 28.2 Å². The van der Waals surface area contributed by atoms with Gasteiger partial charge in [-0.05, 0) is 12.8 Å². The number of hydrogen-bond acceptors (Lipinski definition) is 4. The van der Waals surface area contributed by atoms with Crippen molar-refractivity contribution in [2.45, 2.75) is 51.4 Å². The number of unbranched alkanes of at least 4 members (excludes halogenated alkanes) is 4. The number of halogens is 1. The number of amides is 2. The molecule has 6 heteroatoms. The van der Waals surface area contributed by atoms with Gasteiger partial charge >= 0.3 is 5.97 Å². The Morgan fingerprint density at radius 1 is 1.06 bits per heavy atom. The summed E-state index contributed by atoms with van der Waals surface area (Å²) in [5.41, 5.74) is 0. The lowest BCUT2D eigenvalue weighted by Crippen LogP contribution is -2.31. The predicted molar refractivity (Wildman–Crippen MR) is 68.7 cm³/mol. The molecule has 0 radical (unpaired) electrons. The Balaban J connectivity index is 2.10. The Bertz CT molecular complexity index is 303. The Kier molecular flexibility index (Phi) is 6.93. The van der Waals surface area contributed by atoms with E-state index in [1.54, 1.807) is 0 Å². The van der Waals surface area contributed by atoms with E-state index >= 15 is 0 Å². The molecule has 0 spiro atoms. The SMILES string of the molecule is O=C(CCCCCCCBr)ON1C(=O)CCC1=O. The van der Waals surface area contributed by atoms with E-state index in [0.717, 1.165) is 37.4 Å². The molecule has 0 atom stereocenters. The topological polar surface area (TPSA) is 63.7 Å². The summed E-state index contributed by atoms with van der Waals surface area (Å²) in [6, 6.07) is 0. The van der Waals surface area contributed by atoms with Crippen molar-refractivity contribution in [3.05, 3.63) is 0 Å². The van der Waals surface area contributed by atoms with E-state index in [9.17, 15) is 14.4 Å². The van der Waals surface area contributed by atoms with Gasteiger partial charge in [-0.3, -0.25) is 9.59 Å². The van der Waals surface area contributed by atoms with Crippen LogP contribution in [0, 0.1) is 0 Å². The number of nitrogens with zero attached hydrogens (tertiary/aromatic N) is 1. The fourth-order valence-electron chi connectivity index (χ4n) is 1.70. The van der Waals surface area contributed by atoms with E-state index in [0.29, 0.717) is 5.06 Å². The van der Waals surface area contributed by atoms with E-state index in [4.69, 9.17) is 4.84 Å². The number of rotatable bonds is 8. The van der Waals surface area contributed by atoms with Crippen LogP contribution in [0.15, 0.2) is 0 Å². The van der Waals surface area contributed by atoms with Crippen LogP contribution in [0.1, 0.15) is 51.4 Å². The molecule has 0 saturated carbocycles. The molecule has 18 heavy (non-hydrogen) atoms. The van der Waals surface area contributed by atoms with Gasteiger partial charge in [-0.25, -0.2) is 4.79 Å². The molecular weight excluding hydrogens is 302 g/mol. The molecule has 0 aromatic rings. The van der Waals surface area contributed by atoms with Gasteiger partial charge in [-0.1, -0.05) is 35.2 Å². The number of carbonyl (C=O) groups is 3. The molecule has 5 nitrogen and oxygen atoms in total. The Morgan fingerprint density at radius 2 is 1.61 bits per heavy atom. The highest BCUT2D eigenvalue weighted by Gasteiger charge is 2.32. The number of carbonyl (C=O) groups excluding carboxylic acids is 3. The first-order valence-electron chi connectivity index (χ1n) is 6.27. The molecule has 0 aromatic heterocycles. The molecule has 0 bridgehead atoms. The minimum absolute atomic E-state index is 0.138. The van der Waals surface area contributed by atoms with Crippen LogP contribution in [-0.2, 0) is 19.2 Å². The summed E-state index contributed by atoms with van der Waals surface area (Å²) in [5, 5.41) is 1.61. The molecule has 102 valence electrons. The van der Waals surface area contributed by atoms with E-state index in [1.165, 1.54) is 0 Å². The second-order valence-corrected chi connectivity index (χ2v) is 5.04. The van der Waals surface area contributed by atoms with Gasteiger partial charge in [0.25, 0.3) is 11.8 Å². The van der Waals surface area contributed by atoms with Crippen LogP contribution in [0.2, 0.25) is 0 Å². The second kappa shape index (κ2) is 8.24. The van der Waals surface area contributed by atoms with Crippen LogP contribution >= 0.6 is 15.9 Å². The average Bonchev–Trinajstić information content (AvgIpc) is 2.65. The number of imide groups is 1. The zero-order valence-corrected chi connectivity index (χ0v) is 11.9. The molecule has 0 aromatic carbocycles. The lowest BCUT2D eigenvalue weighted by molar-refractivity contribution is -0.197. The maximum atomic E-state index is 11.4. The zero-order valence-electron chi connectivity index (χ0n) is 10.3. The normalized spacial score (nSPS) is 15.3. The third kappa shape index (κ3) is 5.16. The Labute approximate surface area is 115 Å². The average molecular weight is 320 g/mol. The van der Waals surface area contributed by atoms with Crippen LogP contribution in [0.3, 0.4) is 0 Å². The number of hydrogen-bond donors (Lipinski definition) is 0. The maximum Gasteiger partial charge on any atom is 0.333 e. The monoisotopic (exact) mass is 319 g/mol. The predicted octanol–water partition coefficient (Wildman–Crippen LogP) is 2.33. The van der Waals surface area contributed by atoms with Gasteiger partial charge in [-0.15, -0.1) is 5.06 Å². The van der Waals surface area contributed by atoms with Gasteiger partial charge in [0, 0.05) is 24.6 Å². The fourth-order valence-corrected chi connectivity index (χ4v) is 2.10. The molecule has 1 aliphatic rings. The first-order valence-corrected chi connectivity index (χ1v) is 7.40. The summed E-state index contributed by atoms with van der Waals surface area (Å²) >= 11 is 3.36. The first kappa shape index (κ1) is 15.1. The molecular formula is C12H18BrNO4. The molecule has 1 heterocycles. The smallest absolute Gasteiger partial charge is 0.330 e. The van der Waals surface area contributed by atoms with Crippen molar-refractivity contribution in [1.29, 1.82) is 0 Å². The van der Waals surface area contributed by atoms with Crippen molar-refractivity contribution >= 4 is 33.7 Å². The molecule has 0 N–H and O–H groups in total. The summed E-state index contributed by atoms with van der Waals surface area (Å²) in [6.45, 7) is 0. The van der Waals surface area contributed by atoms with Gasteiger partial charge in [0.15, 0.2) is 0 Å². The van der Waals surface area contributed by atoms with Crippen LogP contribution in [0.5, 0.6) is 0 Å². The molecule has 2 amide bonds. The van der Waals surface area contributed by atoms with E-state index in [2.05, 4.69) is 15.9 Å². The Morgan fingerprint density at radius 3 is 2.22 bits per heavy atom. The van der Waals surface area contributed by atoms with Gasteiger partial charge in [0.05, 0.1) is 0 Å². The number of alkyl halides is 1. The van der Waals surface area contributed by atoms with E-state index in [1.807, 2.05) is 0 Å². The van der Waals surface area contributed by atoms with Crippen LogP contribution in [0.25, 0.3) is 0 Å². The van der Waals surface area contributed by atoms with Gasteiger partial charge in [0.1, 0.15) is 0 Å². The highest BCUT2D eigenvalue weighted by Crippen LogP contribution is 2.13. The maximum absolute atomic E-state index is 11.4. The summed E-state index contributed by atoms with van der Waals surface area (Å²) in [5.74, 6) is -1.35. The molecule has 0 unspecified atom stereocenters. The molecule has 1 saturated heterocycles. The summed E-state index contributed by atoms with van der Waals surface area (Å²) in [6.07, 6.45) is 5.59. The first-order chi connectivity index (χ1) is 8.65.